The number of carbonyl (C=O) groups is 1. The summed E-state index contributed by atoms with van der Waals surface area (Å²) in [6.07, 6.45) is 0.485. The van der Waals surface area contributed by atoms with Gasteiger partial charge in [0.15, 0.2) is 0 Å². The van der Waals surface area contributed by atoms with Crippen LogP contribution < -0.4 is 0 Å². The molecule has 0 aliphatic carbocycles. The Kier molecular flexibility index (Phi) is 3.81. The Morgan fingerprint density at radius 3 is 2.47 bits per heavy atom. The Labute approximate surface area is 119 Å². The van der Waals surface area contributed by atoms with Crippen LogP contribution in [0.5, 0.6) is 0 Å². The van der Waals surface area contributed by atoms with E-state index in [1.165, 1.54) is 0 Å². The molecule has 0 atom stereocenters. The molecular weight excluding hydrogens is 258 g/mol. The second kappa shape index (κ2) is 5.22. The van der Waals surface area contributed by atoms with Crippen molar-refractivity contribution in [2.24, 2.45) is 0 Å². The number of halogens is 1. The average molecular weight is 276 g/mol. The molecule has 0 spiro atoms. The molecule has 0 fully saturated rings. The van der Waals surface area contributed by atoms with Gasteiger partial charge in [0.1, 0.15) is 5.78 Å². The van der Waals surface area contributed by atoms with E-state index in [0.29, 0.717) is 6.42 Å². The number of Topliss-reactive ketones (excluding diaryl/α,β-unsaturated/α-hetero) is 1. The van der Waals surface area contributed by atoms with Gasteiger partial charge in [-0.25, -0.2) is 0 Å². The van der Waals surface area contributed by atoms with Crippen LogP contribution in [0.2, 0.25) is 5.02 Å². The maximum Gasteiger partial charge on any atom is 0.134 e. The number of aromatic nitrogens is 1. The van der Waals surface area contributed by atoms with E-state index in [1.807, 2.05) is 32.9 Å². The van der Waals surface area contributed by atoms with Gasteiger partial charge in [0.05, 0.1) is 0 Å². The van der Waals surface area contributed by atoms with E-state index in [4.69, 9.17) is 11.6 Å². The molecule has 19 heavy (non-hydrogen) atoms. The maximum atomic E-state index is 11.3. The number of carbonyl (C=O) groups excluding carboxylic acids is 1. The molecule has 0 amide bonds. The van der Waals surface area contributed by atoms with Crippen molar-refractivity contribution in [2.45, 2.75) is 34.1 Å². The highest BCUT2D eigenvalue weighted by Crippen LogP contribution is 2.25. The Balaban J connectivity index is 2.52. The van der Waals surface area contributed by atoms with Crippen molar-refractivity contribution in [3.05, 3.63) is 51.8 Å². The largest absolute Gasteiger partial charge is 0.318 e. The summed E-state index contributed by atoms with van der Waals surface area (Å²) < 4.78 is 2.14. The van der Waals surface area contributed by atoms with Crippen molar-refractivity contribution >= 4 is 17.4 Å². The van der Waals surface area contributed by atoms with Gasteiger partial charge in [-0.2, -0.15) is 0 Å². The molecule has 1 aromatic heterocycles. The van der Waals surface area contributed by atoms with Crippen LogP contribution in [0.15, 0.2) is 24.3 Å². The van der Waals surface area contributed by atoms with E-state index >= 15 is 0 Å². The molecule has 100 valence electrons. The van der Waals surface area contributed by atoms with Gasteiger partial charge in [0, 0.05) is 28.5 Å². The summed E-state index contributed by atoms with van der Waals surface area (Å²) in [7, 11) is 0. The molecule has 3 heteroatoms. The zero-order valence-electron chi connectivity index (χ0n) is 11.7. The van der Waals surface area contributed by atoms with E-state index in [1.54, 1.807) is 6.92 Å². The number of ketones is 1. The van der Waals surface area contributed by atoms with Gasteiger partial charge in [0.2, 0.25) is 0 Å². The third-order valence-electron chi connectivity index (χ3n) is 3.39. The number of benzene rings is 1. The first kappa shape index (κ1) is 13.9. The monoisotopic (exact) mass is 275 g/mol. The molecule has 0 aliphatic rings. The fourth-order valence-electron chi connectivity index (χ4n) is 2.39. The van der Waals surface area contributed by atoms with Gasteiger partial charge in [-0.1, -0.05) is 17.7 Å². The minimum atomic E-state index is 0.183. The zero-order chi connectivity index (χ0) is 14.2. The molecule has 2 rings (SSSR count). The summed E-state index contributed by atoms with van der Waals surface area (Å²) in [5.74, 6) is 0.183. The van der Waals surface area contributed by atoms with E-state index in [0.717, 1.165) is 33.2 Å². The first-order chi connectivity index (χ1) is 8.90. The van der Waals surface area contributed by atoms with Crippen LogP contribution in [0.3, 0.4) is 0 Å². The smallest absolute Gasteiger partial charge is 0.134 e. The molecule has 0 bridgehead atoms. The van der Waals surface area contributed by atoms with Crippen LogP contribution in [0, 0.1) is 20.8 Å². The van der Waals surface area contributed by atoms with Crippen molar-refractivity contribution in [1.82, 2.24) is 4.57 Å². The molecule has 0 radical (unpaired) electrons. The molecule has 1 aromatic carbocycles. The van der Waals surface area contributed by atoms with Gasteiger partial charge in [-0.05, 0) is 57.0 Å². The number of nitrogens with zero attached hydrogens (tertiary/aromatic N) is 1. The molecular formula is C16H18ClNO. The summed E-state index contributed by atoms with van der Waals surface area (Å²) in [4.78, 5) is 11.3. The first-order valence-corrected chi connectivity index (χ1v) is 6.71. The Hall–Kier alpha value is -1.54. The van der Waals surface area contributed by atoms with E-state index in [9.17, 15) is 4.79 Å². The highest BCUT2D eigenvalue weighted by Gasteiger charge is 2.12. The molecule has 2 nitrogen and oxygen atoms in total. The van der Waals surface area contributed by atoms with Crippen molar-refractivity contribution < 1.29 is 4.79 Å². The van der Waals surface area contributed by atoms with Gasteiger partial charge < -0.3 is 4.57 Å². The highest BCUT2D eigenvalue weighted by molar-refractivity contribution is 6.31. The van der Waals surface area contributed by atoms with Gasteiger partial charge >= 0.3 is 0 Å². The van der Waals surface area contributed by atoms with Crippen molar-refractivity contribution in [3.8, 4) is 5.69 Å². The minimum Gasteiger partial charge on any atom is -0.318 e. The Bertz CT molecular complexity index is 640. The predicted molar refractivity (Wildman–Crippen MR) is 79.4 cm³/mol. The summed E-state index contributed by atoms with van der Waals surface area (Å²) in [6.45, 7) is 7.70. The lowest BCUT2D eigenvalue weighted by atomic mass is 10.1. The standard InChI is InChI=1S/C16H18ClNO/c1-10-5-6-15(9-16(10)17)18-11(2)7-14(13(18)4)8-12(3)19/h5-7,9H,8H2,1-4H3. The lowest BCUT2D eigenvalue weighted by Gasteiger charge is -2.11. The van der Waals surface area contributed by atoms with Crippen LogP contribution in [-0.4, -0.2) is 10.4 Å². The van der Waals surface area contributed by atoms with Crippen LogP contribution in [0.25, 0.3) is 5.69 Å². The van der Waals surface area contributed by atoms with Crippen LogP contribution >= 0.6 is 11.6 Å². The predicted octanol–water partition coefficient (Wildman–Crippen LogP) is 4.19. The van der Waals surface area contributed by atoms with Crippen molar-refractivity contribution in [1.29, 1.82) is 0 Å². The zero-order valence-corrected chi connectivity index (χ0v) is 12.5. The number of aryl methyl sites for hydroxylation is 2. The molecule has 0 saturated heterocycles. The number of hydrogen-bond acceptors (Lipinski definition) is 1. The van der Waals surface area contributed by atoms with Crippen LogP contribution in [0.1, 0.15) is 29.4 Å². The van der Waals surface area contributed by atoms with E-state index in [2.05, 4.69) is 16.7 Å². The fourth-order valence-corrected chi connectivity index (χ4v) is 2.57. The normalized spacial score (nSPS) is 10.8. The Morgan fingerprint density at radius 1 is 1.21 bits per heavy atom. The summed E-state index contributed by atoms with van der Waals surface area (Å²) in [6, 6.07) is 8.11. The summed E-state index contributed by atoms with van der Waals surface area (Å²) >= 11 is 6.19. The van der Waals surface area contributed by atoms with Crippen LogP contribution in [0.4, 0.5) is 0 Å². The number of hydrogen-bond donors (Lipinski definition) is 0. The lowest BCUT2D eigenvalue weighted by Crippen LogP contribution is -2.02. The molecule has 1 heterocycles. The third kappa shape index (κ3) is 2.74. The van der Waals surface area contributed by atoms with E-state index < -0.39 is 0 Å². The van der Waals surface area contributed by atoms with Gasteiger partial charge in [-0.15, -0.1) is 0 Å². The molecule has 0 unspecified atom stereocenters. The second-order valence-electron chi connectivity index (χ2n) is 5.04. The van der Waals surface area contributed by atoms with Gasteiger partial charge in [0.25, 0.3) is 0 Å². The average Bonchev–Trinajstić information content (AvgIpc) is 2.58. The number of rotatable bonds is 3. The molecule has 0 saturated carbocycles. The van der Waals surface area contributed by atoms with Crippen LogP contribution in [-0.2, 0) is 11.2 Å². The van der Waals surface area contributed by atoms with E-state index in [-0.39, 0.29) is 5.78 Å². The highest BCUT2D eigenvalue weighted by atomic mass is 35.5. The lowest BCUT2D eigenvalue weighted by molar-refractivity contribution is -0.116. The third-order valence-corrected chi connectivity index (χ3v) is 3.80. The SMILES string of the molecule is CC(=O)Cc1cc(C)n(-c2ccc(C)c(Cl)c2)c1C. The quantitative estimate of drug-likeness (QED) is 0.823. The molecule has 0 N–H and O–H groups in total. The van der Waals surface area contributed by atoms with Gasteiger partial charge in [-0.3, -0.25) is 4.79 Å². The molecule has 0 aliphatic heterocycles. The topological polar surface area (TPSA) is 22.0 Å². The maximum absolute atomic E-state index is 11.3. The summed E-state index contributed by atoms with van der Waals surface area (Å²) in [5, 5.41) is 0.762. The van der Waals surface area contributed by atoms with Crippen molar-refractivity contribution in [3.63, 3.8) is 0 Å². The van der Waals surface area contributed by atoms with Crippen molar-refractivity contribution in [2.75, 3.05) is 0 Å². The second-order valence-corrected chi connectivity index (χ2v) is 5.45. The summed E-state index contributed by atoms with van der Waals surface area (Å²) in [5.41, 5.74) is 5.42. The molecule has 2 aromatic rings. The Morgan fingerprint density at radius 2 is 1.89 bits per heavy atom. The first-order valence-electron chi connectivity index (χ1n) is 6.34. The fraction of sp³-hybridized carbons (Fsp3) is 0.312. The minimum absolute atomic E-state index is 0.183.